The van der Waals surface area contributed by atoms with Gasteiger partial charge in [-0.15, -0.1) is 6.58 Å². The van der Waals surface area contributed by atoms with Crippen molar-refractivity contribution in [1.82, 2.24) is 4.90 Å². The summed E-state index contributed by atoms with van der Waals surface area (Å²) in [5.41, 5.74) is 1.69. The number of ether oxygens (including phenoxy) is 2. The molecule has 0 saturated heterocycles. The van der Waals surface area contributed by atoms with Crippen molar-refractivity contribution >= 4 is 11.6 Å². The average molecular weight is 370 g/mol. The summed E-state index contributed by atoms with van der Waals surface area (Å²) in [6, 6.07) is 8.91. The lowest BCUT2D eigenvalue weighted by Crippen LogP contribution is -2.37. The maximum atomic E-state index is 12.6. The van der Waals surface area contributed by atoms with E-state index in [4.69, 9.17) is 18.7 Å². The van der Waals surface area contributed by atoms with Crippen LogP contribution in [0.3, 0.4) is 0 Å². The molecule has 1 aromatic carbocycles. The quantitative estimate of drug-likeness (QED) is 0.668. The van der Waals surface area contributed by atoms with E-state index < -0.39 is 0 Å². The number of hydrogen-bond donors (Lipinski definition) is 0. The lowest BCUT2D eigenvalue weighted by atomic mass is 10.0. The molecule has 0 spiro atoms. The number of rotatable bonds is 8. The Morgan fingerprint density at radius 1 is 1.33 bits per heavy atom. The Balaban J connectivity index is 1.67. The van der Waals surface area contributed by atoms with Crippen molar-refractivity contribution in [2.75, 3.05) is 27.3 Å². The first-order chi connectivity index (χ1) is 13.2. The van der Waals surface area contributed by atoms with E-state index in [2.05, 4.69) is 11.7 Å². The number of nitrogens with zero attached hydrogens (tertiary/aromatic N) is 2. The highest BCUT2D eigenvalue weighted by atomic mass is 16.6. The molecule has 7 heteroatoms. The minimum atomic E-state index is -0.244. The van der Waals surface area contributed by atoms with E-state index in [0.29, 0.717) is 31.0 Å². The predicted molar refractivity (Wildman–Crippen MR) is 100 cm³/mol. The molecule has 0 N–H and O–H groups in total. The molecule has 3 rings (SSSR count). The first-order valence-electron chi connectivity index (χ1n) is 8.55. The van der Waals surface area contributed by atoms with Crippen LogP contribution < -0.4 is 9.47 Å². The molecule has 0 saturated carbocycles. The second kappa shape index (κ2) is 8.44. The Hall–Kier alpha value is -3.22. The van der Waals surface area contributed by atoms with Crippen molar-refractivity contribution in [3.05, 3.63) is 60.6 Å². The number of hydrogen-bond acceptors (Lipinski definition) is 6. The van der Waals surface area contributed by atoms with Crippen molar-refractivity contribution in [2.24, 2.45) is 5.16 Å². The number of benzene rings is 1. The first-order valence-corrected chi connectivity index (χ1v) is 8.55. The fourth-order valence-electron chi connectivity index (χ4n) is 2.91. The molecule has 1 aliphatic rings. The van der Waals surface area contributed by atoms with Gasteiger partial charge in [-0.2, -0.15) is 0 Å². The largest absolute Gasteiger partial charge is 0.493 e. The van der Waals surface area contributed by atoms with Gasteiger partial charge in [-0.3, -0.25) is 4.79 Å². The minimum Gasteiger partial charge on any atom is -0.493 e. The number of carbonyl (C=O) groups is 1. The Morgan fingerprint density at radius 3 is 2.81 bits per heavy atom. The van der Waals surface area contributed by atoms with Crippen LogP contribution in [-0.2, 0) is 4.84 Å². The number of furan rings is 1. The van der Waals surface area contributed by atoms with Crippen LogP contribution in [0.2, 0.25) is 0 Å². The van der Waals surface area contributed by atoms with Gasteiger partial charge < -0.3 is 23.6 Å². The number of oxime groups is 1. The Labute approximate surface area is 157 Å². The maximum Gasteiger partial charge on any atom is 0.289 e. The summed E-state index contributed by atoms with van der Waals surface area (Å²) in [5.74, 6) is 1.36. The molecule has 27 heavy (non-hydrogen) atoms. The molecule has 7 nitrogen and oxygen atoms in total. The van der Waals surface area contributed by atoms with Crippen molar-refractivity contribution in [3.63, 3.8) is 0 Å². The zero-order valence-electron chi connectivity index (χ0n) is 15.4. The molecule has 2 heterocycles. The lowest BCUT2D eigenvalue weighted by molar-refractivity contribution is 0.0432. The van der Waals surface area contributed by atoms with E-state index in [0.717, 1.165) is 11.3 Å². The van der Waals surface area contributed by atoms with Crippen LogP contribution in [0.25, 0.3) is 0 Å². The second-order valence-electron chi connectivity index (χ2n) is 6.02. The van der Waals surface area contributed by atoms with Gasteiger partial charge in [0.2, 0.25) is 0 Å². The summed E-state index contributed by atoms with van der Waals surface area (Å²) >= 11 is 0. The predicted octanol–water partition coefficient (Wildman–Crippen LogP) is 3.12. The zero-order chi connectivity index (χ0) is 19.2. The van der Waals surface area contributed by atoms with E-state index in [-0.39, 0.29) is 17.8 Å². The Bertz CT molecular complexity index is 829. The van der Waals surface area contributed by atoms with Gasteiger partial charge in [-0.25, -0.2) is 0 Å². The normalized spacial score (nSPS) is 15.6. The second-order valence-corrected chi connectivity index (χ2v) is 6.02. The molecule has 0 fully saturated rings. The summed E-state index contributed by atoms with van der Waals surface area (Å²) in [6.45, 7) is 4.49. The summed E-state index contributed by atoms with van der Waals surface area (Å²) in [4.78, 5) is 19.7. The third-order valence-electron chi connectivity index (χ3n) is 4.24. The summed E-state index contributed by atoms with van der Waals surface area (Å²) in [7, 11) is 3.18. The van der Waals surface area contributed by atoms with Crippen LogP contribution in [0.1, 0.15) is 22.5 Å². The van der Waals surface area contributed by atoms with E-state index in [9.17, 15) is 4.79 Å². The van der Waals surface area contributed by atoms with Crippen LogP contribution in [0.5, 0.6) is 11.5 Å². The fourth-order valence-corrected chi connectivity index (χ4v) is 2.91. The molecule has 0 bridgehead atoms. The van der Waals surface area contributed by atoms with Crippen molar-refractivity contribution in [3.8, 4) is 11.5 Å². The smallest absolute Gasteiger partial charge is 0.289 e. The SMILES string of the molecule is C=CCN(C[C@H]1CC(c2ccc(OC)c(OC)c2)=NO1)C(=O)c1ccco1. The van der Waals surface area contributed by atoms with Gasteiger partial charge in [0.15, 0.2) is 23.4 Å². The number of methoxy groups -OCH3 is 2. The van der Waals surface area contributed by atoms with Gasteiger partial charge >= 0.3 is 0 Å². The van der Waals surface area contributed by atoms with Crippen molar-refractivity contribution in [1.29, 1.82) is 0 Å². The van der Waals surface area contributed by atoms with Gasteiger partial charge in [0.25, 0.3) is 5.91 Å². The molecule has 1 aromatic heterocycles. The average Bonchev–Trinajstić information content (AvgIpc) is 3.38. The standard InChI is InChI=1S/C20H22N2O5/c1-4-9-22(20(23)18-6-5-10-26-18)13-15-12-16(21-27-15)14-7-8-17(24-2)19(11-14)25-3/h4-8,10-11,15H,1,9,12-13H2,2-3H3/t15-/m1/s1. The molecule has 2 aromatic rings. The molecule has 142 valence electrons. The van der Waals surface area contributed by atoms with Crippen molar-refractivity contribution < 1.29 is 23.5 Å². The van der Waals surface area contributed by atoms with E-state index >= 15 is 0 Å². The molecule has 0 aliphatic carbocycles. The fraction of sp³-hybridized carbons (Fsp3) is 0.300. The van der Waals surface area contributed by atoms with Gasteiger partial charge in [-0.05, 0) is 30.3 Å². The van der Waals surface area contributed by atoms with Gasteiger partial charge in [-0.1, -0.05) is 11.2 Å². The summed E-state index contributed by atoms with van der Waals surface area (Å²) in [5, 5.41) is 4.19. The lowest BCUT2D eigenvalue weighted by Gasteiger charge is -2.22. The van der Waals surface area contributed by atoms with Gasteiger partial charge in [0.1, 0.15) is 0 Å². The number of carbonyl (C=O) groups excluding carboxylic acids is 1. The Morgan fingerprint density at radius 2 is 2.15 bits per heavy atom. The number of amides is 1. The molecular formula is C20H22N2O5. The molecule has 0 unspecified atom stereocenters. The summed E-state index contributed by atoms with van der Waals surface area (Å²) in [6.07, 6.45) is 3.48. The van der Waals surface area contributed by atoms with Crippen LogP contribution >= 0.6 is 0 Å². The highest BCUT2D eigenvalue weighted by Crippen LogP contribution is 2.29. The third kappa shape index (κ3) is 4.13. The zero-order valence-corrected chi connectivity index (χ0v) is 15.4. The highest BCUT2D eigenvalue weighted by molar-refractivity contribution is 6.01. The van der Waals surface area contributed by atoms with Crippen LogP contribution in [0.4, 0.5) is 0 Å². The topological polar surface area (TPSA) is 73.5 Å². The highest BCUT2D eigenvalue weighted by Gasteiger charge is 2.28. The van der Waals surface area contributed by atoms with Crippen molar-refractivity contribution in [2.45, 2.75) is 12.5 Å². The van der Waals surface area contributed by atoms with Gasteiger partial charge in [0, 0.05) is 18.5 Å². The van der Waals surface area contributed by atoms with Crippen LogP contribution in [0.15, 0.2) is 58.8 Å². The first kappa shape index (κ1) is 18.6. The molecule has 1 atom stereocenters. The monoisotopic (exact) mass is 370 g/mol. The van der Waals surface area contributed by atoms with Gasteiger partial charge in [0.05, 0.1) is 32.7 Å². The van der Waals surface area contributed by atoms with E-state index in [1.165, 1.54) is 6.26 Å². The Kier molecular flexibility index (Phi) is 5.80. The summed E-state index contributed by atoms with van der Waals surface area (Å²) < 4.78 is 15.8. The van der Waals surface area contributed by atoms with E-state index in [1.54, 1.807) is 37.3 Å². The van der Waals surface area contributed by atoms with E-state index in [1.807, 2.05) is 18.2 Å². The molecule has 1 amide bonds. The molecule has 0 radical (unpaired) electrons. The minimum absolute atomic E-state index is 0.205. The molecular weight excluding hydrogens is 348 g/mol. The van der Waals surface area contributed by atoms with Crippen LogP contribution in [0, 0.1) is 0 Å². The maximum absolute atomic E-state index is 12.6. The third-order valence-corrected chi connectivity index (χ3v) is 4.24. The molecule has 1 aliphatic heterocycles. The van der Waals surface area contributed by atoms with Crippen LogP contribution in [-0.4, -0.2) is 49.9 Å².